The second kappa shape index (κ2) is 8.62. The topological polar surface area (TPSA) is 67.4 Å². The quantitative estimate of drug-likeness (QED) is 0.772. The molecule has 2 amide bonds. The van der Waals surface area contributed by atoms with E-state index in [9.17, 15) is 14.0 Å². The third-order valence-electron chi connectivity index (χ3n) is 3.57. The molecule has 2 N–H and O–H groups in total. The molecule has 1 heterocycles. The third kappa shape index (κ3) is 5.03. The highest BCUT2D eigenvalue weighted by Crippen LogP contribution is 2.22. The van der Waals surface area contributed by atoms with E-state index in [-0.39, 0.29) is 11.7 Å². The lowest BCUT2D eigenvalue weighted by molar-refractivity contribution is -0.128. The average Bonchev–Trinajstić information content (AvgIpc) is 2.95. The van der Waals surface area contributed by atoms with Crippen LogP contribution in [-0.2, 0) is 11.2 Å². The lowest BCUT2D eigenvalue weighted by atomic mass is 10.1. The fourth-order valence-electron chi connectivity index (χ4n) is 2.22. The van der Waals surface area contributed by atoms with Crippen LogP contribution in [0.2, 0.25) is 0 Å². The molecule has 134 valence electrons. The van der Waals surface area contributed by atoms with Crippen molar-refractivity contribution >= 4 is 23.2 Å². The van der Waals surface area contributed by atoms with Crippen molar-refractivity contribution in [1.29, 1.82) is 0 Å². The minimum absolute atomic E-state index is 0.0189. The molecule has 5 nitrogen and oxygen atoms in total. The van der Waals surface area contributed by atoms with Gasteiger partial charge in [0.1, 0.15) is 0 Å². The lowest BCUT2D eigenvalue weighted by Gasteiger charge is -2.15. The van der Waals surface area contributed by atoms with Gasteiger partial charge in [-0.15, -0.1) is 11.3 Å². The summed E-state index contributed by atoms with van der Waals surface area (Å²) in [6.07, 6.45) is 0.952. The number of nitrogens with one attached hydrogen (secondary N) is 2. The molecule has 0 fully saturated rings. The Morgan fingerprint density at radius 3 is 2.68 bits per heavy atom. The highest BCUT2D eigenvalue weighted by molar-refractivity contribution is 7.14. The van der Waals surface area contributed by atoms with Crippen LogP contribution in [0.4, 0.5) is 4.39 Å². The van der Waals surface area contributed by atoms with Crippen LogP contribution >= 0.6 is 11.3 Å². The standard InChI is InChI=1S/C18H21FN2O3S/c1-4-7-13-10-16(25-12(13)3)18(23)21-20-17(22)11(2)24-15-9-6-5-8-14(15)19/h5-6,8-11H,4,7H2,1-3H3,(H,20,22)(H,21,23). The maximum absolute atomic E-state index is 13.5. The van der Waals surface area contributed by atoms with Gasteiger partial charge in [0, 0.05) is 4.88 Å². The molecule has 0 saturated heterocycles. The van der Waals surface area contributed by atoms with Crippen molar-refractivity contribution in [3.05, 3.63) is 51.5 Å². The van der Waals surface area contributed by atoms with Crippen molar-refractivity contribution in [1.82, 2.24) is 10.9 Å². The van der Waals surface area contributed by atoms with Crippen molar-refractivity contribution in [2.45, 2.75) is 39.7 Å². The molecule has 1 unspecified atom stereocenters. The van der Waals surface area contributed by atoms with Gasteiger partial charge in [0.05, 0.1) is 4.88 Å². The molecular weight excluding hydrogens is 343 g/mol. The number of thiophene rings is 1. The molecule has 1 atom stereocenters. The first kappa shape index (κ1) is 18.9. The molecule has 0 radical (unpaired) electrons. The lowest BCUT2D eigenvalue weighted by Crippen LogP contribution is -2.47. The molecule has 0 aliphatic heterocycles. The van der Waals surface area contributed by atoms with E-state index in [1.807, 2.05) is 13.0 Å². The Labute approximate surface area is 150 Å². The number of hydrazine groups is 1. The summed E-state index contributed by atoms with van der Waals surface area (Å²) in [5.41, 5.74) is 5.80. The first-order valence-electron chi connectivity index (χ1n) is 8.03. The summed E-state index contributed by atoms with van der Waals surface area (Å²) in [6, 6.07) is 7.65. The maximum Gasteiger partial charge on any atom is 0.279 e. The predicted molar refractivity (Wildman–Crippen MR) is 95.1 cm³/mol. The van der Waals surface area contributed by atoms with Crippen LogP contribution in [0, 0.1) is 12.7 Å². The maximum atomic E-state index is 13.5. The highest BCUT2D eigenvalue weighted by atomic mass is 32.1. The van der Waals surface area contributed by atoms with E-state index in [1.54, 1.807) is 6.07 Å². The van der Waals surface area contributed by atoms with Gasteiger partial charge in [-0.2, -0.15) is 0 Å². The zero-order valence-electron chi connectivity index (χ0n) is 14.4. The number of carbonyl (C=O) groups is 2. The third-order valence-corrected chi connectivity index (χ3v) is 4.66. The van der Waals surface area contributed by atoms with Crippen LogP contribution < -0.4 is 15.6 Å². The van der Waals surface area contributed by atoms with Gasteiger partial charge in [-0.25, -0.2) is 4.39 Å². The molecule has 2 rings (SSSR count). The summed E-state index contributed by atoms with van der Waals surface area (Å²) in [4.78, 5) is 25.8. The number of ether oxygens (including phenoxy) is 1. The molecule has 0 spiro atoms. The second-order valence-electron chi connectivity index (χ2n) is 5.58. The number of rotatable bonds is 6. The number of para-hydroxylation sites is 1. The summed E-state index contributed by atoms with van der Waals surface area (Å²) in [5.74, 6) is -1.53. The summed E-state index contributed by atoms with van der Waals surface area (Å²) in [5, 5.41) is 0. The fourth-order valence-corrected chi connectivity index (χ4v) is 3.18. The first-order valence-corrected chi connectivity index (χ1v) is 8.84. The van der Waals surface area contributed by atoms with Gasteiger partial charge in [0.25, 0.3) is 11.8 Å². The van der Waals surface area contributed by atoms with Gasteiger partial charge in [-0.05, 0) is 44.0 Å². The molecule has 1 aromatic heterocycles. The molecule has 0 bridgehead atoms. The van der Waals surface area contributed by atoms with E-state index in [1.165, 1.54) is 36.5 Å². The van der Waals surface area contributed by atoms with Gasteiger partial charge in [0.15, 0.2) is 17.7 Å². The van der Waals surface area contributed by atoms with Gasteiger partial charge in [0.2, 0.25) is 0 Å². The van der Waals surface area contributed by atoms with Crippen LogP contribution in [0.3, 0.4) is 0 Å². The molecule has 0 aliphatic rings. The van der Waals surface area contributed by atoms with Crippen LogP contribution in [0.1, 0.15) is 40.4 Å². The van der Waals surface area contributed by atoms with Crippen LogP contribution in [0.25, 0.3) is 0 Å². The Hall–Kier alpha value is -2.41. The zero-order chi connectivity index (χ0) is 18.4. The summed E-state index contributed by atoms with van der Waals surface area (Å²) in [6.45, 7) is 5.52. The van der Waals surface area contributed by atoms with Gasteiger partial charge in [-0.1, -0.05) is 25.5 Å². The largest absolute Gasteiger partial charge is 0.478 e. The van der Waals surface area contributed by atoms with Gasteiger partial charge in [-0.3, -0.25) is 20.4 Å². The number of benzene rings is 1. The Balaban J connectivity index is 1.89. The monoisotopic (exact) mass is 364 g/mol. The van der Waals surface area contributed by atoms with Crippen molar-refractivity contribution in [2.75, 3.05) is 0 Å². The molecule has 0 saturated carbocycles. The van der Waals surface area contributed by atoms with E-state index >= 15 is 0 Å². The minimum Gasteiger partial charge on any atom is -0.478 e. The van der Waals surface area contributed by atoms with Gasteiger partial charge >= 0.3 is 0 Å². The van der Waals surface area contributed by atoms with Crippen molar-refractivity contribution in [3.8, 4) is 5.75 Å². The summed E-state index contributed by atoms with van der Waals surface area (Å²) < 4.78 is 18.8. The number of carbonyl (C=O) groups excluding carboxylic acids is 2. The zero-order valence-corrected chi connectivity index (χ0v) is 15.2. The number of aryl methyl sites for hydroxylation is 2. The summed E-state index contributed by atoms with van der Waals surface area (Å²) in [7, 11) is 0. The van der Waals surface area contributed by atoms with Crippen LogP contribution in [-0.4, -0.2) is 17.9 Å². The van der Waals surface area contributed by atoms with Crippen LogP contribution in [0.15, 0.2) is 30.3 Å². The van der Waals surface area contributed by atoms with Gasteiger partial charge < -0.3 is 4.74 Å². The SMILES string of the molecule is CCCc1cc(C(=O)NNC(=O)C(C)Oc2ccccc2F)sc1C. The Kier molecular flexibility index (Phi) is 6.52. The van der Waals surface area contributed by atoms with E-state index in [0.29, 0.717) is 4.88 Å². The highest BCUT2D eigenvalue weighted by Gasteiger charge is 2.18. The van der Waals surface area contributed by atoms with Crippen molar-refractivity contribution < 1.29 is 18.7 Å². The Bertz CT molecular complexity index is 761. The molecule has 7 heteroatoms. The van der Waals surface area contributed by atoms with E-state index in [2.05, 4.69) is 17.8 Å². The number of amides is 2. The van der Waals surface area contributed by atoms with E-state index in [0.717, 1.165) is 23.3 Å². The number of hydrogen-bond acceptors (Lipinski definition) is 4. The minimum atomic E-state index is -0.960. The average molecular weight is 364 g/mol. The number of hydrogen-bond donors (Lipinski definition) is 2. The van der Waals surface area contributed by atoms with E-state index < -0.39 is 17.8 Å². The molecular formula is C18H21FN2O3S. The van der Waals surface area contributed by atoms with E-state index in [4.69, 9.17) is 4.74 Å². The summed E-state index contributed by atoms with van der Waals surface area (Å²) >= 11 is 1.38. The molecule has 2 aromatic rings. The Morgan fingerprint density at radius 1 is 1.28 bits per heavy atom. The molecule has 0 aliphatic carbocycles. The normalized spacial score (nSPS) is 11.7. The second-order valence-corrected chi connectivity index (χ2v) is 6.83. The molecule has 25 heavy (non-hydrogen) atoms. The van der Waals surface area contributed by atoms with Crippen LogP contribution in [0.5, 0.6) is 5.75 Å². The predicted octanol–water partition coefficient (Wildman–Crippen LogP) is 3.38. The smallest absolute Gasteiger partial charge is 0.279 e. The van der Waals surface area contributed by atoms with Crippen molar-refractivity contribution in [3.63, 3.8) is 0 Å². The van der Waals surface area contributed by atoms with Crippen molar-refractivity contribution in [2.24, 2.45) is 0 Å². The number of halogens is 1. The first-order chi connectivity index (χ1) is 11.9. The Morgan fingerprint density at radius 2 is 2.00 bits per heavy atom. The fraction of sp³-hybridized carbons (Fsp3) is 0.333. The molecule has 1 aromatic carbocycles.